The van der Waals surface area contributed by atoms with E-state index in [1.165, 1.54) is 0 Å². The topological polar surface area (TPSA) is 75.4 Å². The number of amides is 1. The first-order chi connectivity index (χ1) is 10.1. The van der Waals surface area contributed by atoms with Crippen molar-refractivity contribution in [3.63, 3.8) is 0 Å². The number of carbonyl (C=O) groups excluding carboxylic acids is 1. The van der Waals surface area contributed by atoms with E-state index >= 15 is 0 Å². The molecule has 4 heteroatoms. The number of anilines is 1. The lowest BCUT2D eigenvalue weighted by atomic mass is 10.0. The van der Waals surface area contributed by atoms with Gasteiger partial charge in [0.1, 0.15) is 0 Å². The van der Waals surface area contributed by atoms with Gasteiger partial charge in [-0.15, -0.1) is 0 Å². The predicted molar refractivity (Wildman–Crippen MR) is 84.0 cm³/mol. The lowest BCUT2D eigenvalue weighted by molar-refractivity contribution is 0.0946. The zero-order valence-electron chi connectivity index (χ0n) is 11.9. The van der Waals surface area contributed by atoms with E-state index < -0.39 is 0 Å². The van der Waals surface area contributed by atoms with Crippen LogP contribution in [0.2, 0.25) is 0 Å². The number of aliphatic hydroxyl groups excluding tert-OH is 1. The molecule has 0 aliphatic heterocycles. The molecule has 0 aromatic heterocycles. The maximum atomic E-state index is 12.3. The summed E-state index contributed by atoms with van der Waals surface area (Å²) in [5.74, 6) is 0.227. The monoisotopic (exact) mass is 284 g/mol. The Bertz CT molecular complexity index is 669. The van der Waals surface area contributed by atoms with Crippen molar-refractivity contribution in [2.75, 3.05) is 12.3 Å². The van der Waals surface area contributed by atoms with E-state index in [0.717, 1.165) is 30.0 Å². The van der Waals surface area contributed by atoms with Crippen LogP contribution in [0.4, 0.5) is 5.69 Å². The molecule has 110 valence electrons. The van der Waals surface area contributed by atoms with Crippen molar-refractivity contribution >= 4 is 22.4 Å². The van der Waals surface area contributed by atoms with Gasteiger partial charge < -0.3 is 16.2 Å². The summed E-state index contributed by atoms with van der Waals surface area (Å²) < 4.78 is 0. The molecular formula is C17H20N2O2. The molecule has 2 atom stereocenters. The largest absolute Gasteiger partial charge is 0.398 e. The number of hydrogen-bond acceptors (Lipinski definition) is 3. The van der Waals surface area contributed by atoms with Gasteiger partial charge in [-0.3, -0.25) is 4.79 Å². The van der Waals surface area contributed by atoms with Gasteiger partial charge in [-0.1, -0.05) is 24.3 Å². The number of fused-ring (bicyclic) bond motifs is 1. The highest BCUT2D eigenvalue weighted by Crippen LogP contribution is 2.25. The summed E-state index contributed by atoms with van der Waals surface area (Å²) >= 11 is 0. The molecule has 3 rings (SSSR count). The molecule has 21 heavy (non-hydrogen) atoms. The van der Waals surface area contributed by atoms with Gasteiger partial charge in [-0.2, -0.15) is 0 Å². The molecule has 1 aliphatic carbocycles. The van der Waals surface area contributed by atoms with E-state index in [1.54, 1.807) is 0 Å². The molecule has 1 amide bonds. The molecule has 0 spiro atoms. The lowest BCUT2D eigenvalue weighted by Gasteiger charge is -2.12. The highest BCUT2D eigenvalue weighted by molar-refractivity contribution is 6.03. The van der Waals surface area contributed by atoms with Gasteiger partial charge in [0.15, 0.2) is 0 Å². The number of hydrogen-bond donors (Lipinski definition) is 3. The van der Waals surface area contributed by atoms with Crippen LogP contribution in [0.15, 0.2) is 36.4 Å². The second kappa shape index (κ2) is 5.74. The van der Waals surface area contributed by atoms with Crippen LogP contribution >= 0.6 is 0 Å². The van der Waals surface area contributed by atoms with Gasteiger partial charge in [0.2, 0.25) is 0 Å². The van der Waals surface area contributed by atoms with Crippen molar-refractivity contribution < 1.29 is 9.90 Å². The van der Waals surface area contributed by atoms with Crippen LogP contribution in [0.3, 0.4) is 0 Å². The molecule has 0 bridgehead atoms. The van der Waals surface area contributed by atoms with Crippen molar-refractivity contribution in [3.05, 3.63) is 42.0 Å². The third-order valence-corrected chi connectivity index (χ3v) is 4.23. The Labute approximate surface area is 124 Å². The Morgan fingerprint density at radius 1 is 1.24 bits per heavy atom. The molecule has 2 aromatic rings. The van der Waals surface area contributed by atoms with E-state index in [0.29, 0.717) is 23.7 Å². The second-order valence-corrected chi connectivity index (χ2v) is 5.83. The van der Waals surface area contributed by atoms with Crippen LogP contribution in [0.5, 0.6) is 0 Å². The smallest absolute Gasteiger partial charge is 0.253 e. The average Bonchev–Trinajstić information content (AvgIpc) is 2.89. The van der Waals surface area contributed by atoms with E-state index in [-0.39, 0.29) is 12.0 Å². The van der Waals surface area contributed by atoms with Gasteiger partial charge >= 0.3 is 0 Å². The maximum absolute atomic E-state index is 12.3. The fourth-order valence-corrected chi connectivity index (χ4v) is 3.02. The zero-order valence-corrected chi connectivity index (χ0v) is 11.9. The van der Waals surface area contributed by atoms with Crippen molar-refractivity contribution in [1.82, 2.24) is 5.32 Å². The van der Waals surface area contributed by atoms with Crippen molar-refractivity contribution in [1.29, 1.82) is 0 Å². The van der Waals surface area contributed by atoms with Crippen molar-refractivity contribution in [2.45, 2.75) is 25.4 Å². The summed E-state index contributed by atoms with van der Waals surface area (Å²) in [4.78, 5) is 12.3. The number of rotatable bonds is 3. The molecule has 2 aromatic carbocycles. The Balaban J connectivity index is 1.73. The van der Waals surface area contributed by atoms with E-state index in [2.05, 4.69) is 5.32 Å². The zero-order chi connectivity index (χ0) is 14.8. The van der Waals surface area contributed by atoms with Crippen LogP contribution in [-0.4, -0.2) is 23.7 Å². The third kappa shape index (κ3) is 3.00. The molecule has 0 radical (unpaired) electrons. The Morgan fingerprint density at radius 2 is 1.95 bits per heavy atom. The summed E-state index contributed by atoms with van der Waals surface area (Å²) in [6, 6.07) is 11.5. The molecular weight excluding hydrogens is 264 g/mol. The summed E-state index contributed by atoms with van der Waals surface area (Å²) in [5.41, 5.74) is 7.01. The highest BCUT2D eigenvalue weighted by Gasteiger charge is 2.23. The first-order valence-corrected chi connectivity index (χ1v) is 7.38. The standard InChI is InChI=1S/C17H20N2O2/c18-16-9-13-4-2-1-3-12(13)8-15(16)17(21)19-10-11-5-6-14(20)7-11/h1-4,8-9,11,14,20H,5-7,10,18H2,(H,19,21). The Kier molecular flexibility index (Phi) is 3.80. The van der Waals surface area contributed by atoms with E-state index in [4.69, 9.17) is 5.73 Å². The summed E-state index contributed by atoms with van der Waals surface area (Å²) in [7, 11) is 0. The first kappa shape index (κ1) is 13.9. The number of nitrogen functional groups attached to an aromatic ring is 1. The first-order valence-electron chi connectivity index (χ1n) is 7.38. The van der Waals surface area contributed by atoms with Gasteiger partial charge in [0.05, 0.1) is 11.7 Å². The van der Waals surface area contributed by atoms with Gasteiger partial charge in [-0.25, -0.2) is 0 Å². The van der Waals surface area contributed by atoms with Crippen molar-refractivity contribution in [3.8, 4) is 0 Å². The van der Waals surface area contributed by atoms with Crippen molar-refractivity contribution in [2.24, 2.45) is 5.92 Å². The summed E-state index contributed by atoms with van der Waals surface area (Å²) in [6.45, 7) is 0.599. The molecule has 1 fully saturated rings. The van der Waals surface area contributed by atoms with E-state index in [1.807, 2.05) is 36.4 Å². The SMILES string of the molecule is Nc1cc2ccccc2cc1C(=O)NCC1CCC(O)C1. The normalized spacial score (nSPS) is 21.6. The third-order valence-electron chi connectivity index (χ3n) is 4.23. The summed E-state index contributed by atoms with van der Waals surface area (Å²) in [5, 5.41) is 14.5. The van der Waals surface area contributed by atoms with Crippen LogP contribution in [-0.2, 0) is 0 Å². The molecule has 0 saturated heterocycles. The average molecular weight is 284 g/mol. The van der Waals surface area contributed by atoms with Crippen LogP contribution in [0, 0.1) is 5.92 Å². The van der Waals surface area contributed by atoms with Crippen LogP contribution in [0.25, 0.3) is 10.8 Å². The molecule has 1 saturated carbocycles. The lowest BCUT2D eigenvalue weighted by Crippen LogP contribution is -2.29. The molecule has 2 unspecified atom stereocenters. The maximum Gasteiger partial charge on any atom is 0.253 e. The van der Waals surface area contributed by atoms with Crippen LogP contribution < -0.4 is 11.1 Å². The fourth-order valence-electron chi connectivity index (χ4n) is 3.02. The molecule has 4 nitrogen and oxygen atoms in total. The van der Waals surface area contributed by atoms with E-state index in [9.17, 15) is 9.90 Å². The predicted octanol–water partition coefficient (Wildman–Crippen LogP) is 2.31. The van der Waals surface area contributed by atoms with Gasteiger partial charge in [0.25, 0.3) is 5.91 Å². The molecule has 1 aliphatic rings. The number of carbonyl (C=O) groups is 1. The minimum atomic E-state index is -0.211. The molecule has 4 N–H and O–H groups in total. The summed E-state index contributed by atoms with van der Waals surface area (Å²) in [6.07, 6.45) is 2.36. The minimum absolute atomic E-state index is 0.139. The number of nitrogens with one attached hydrogen (secondary N) is 1. The fraction of sp³-hybridized carbons (Fsp3) is 0.353. The number of benzene rings is 2. The minimum Gasteiger partial charge on any atom is -0.398 e. The Hall–Kier alpha value is -2.07. The second-order valence-electron chi connectivity index (χ2n) is 5.83. The Morgan fingerprint density at radius 3 is 2.62 bits per heavy atom. The van der Waals surface area contributed by atoms with Crippen LogP contribution in [0.1, 0.15) is 29.6 Å². The highest BCUT2D eigenvalue weighted by atomic mass is 16.3. The molecule has 0 heterocycles. The van der Waals surface area contributed by atoms with Gasteiger partial charge in [0, 0.05) is 12.2 Å². The van der Waals surface area contributed by atoms with Gasteiger partial charge in [-0.05, 0) is 48.1 Å². The number of aliphatic hydroxyl groups is 1. The number of nitrogens with two attached hydrogens (primary N) is 1. The quantitative estimate of drug-likeness (QED) is 0.757.